The Morgan fingerprint density at radius 3 is 2.79 bits per heavy atom. The summed E-state index contributed by atoms with van der Waals surface area (Å²) in [4.78, 5) is 18.0. The van der Waals surface area contributed by atoms with E-state index < -0.39 is 5.60 Å². The smallest absolute Gasteiger partial charge is 0.410 e. The van der Waals surface area contributed by atoms with Crippen LogP contribution in [-0.4, -0.2) is 28.6 Å². The Bertz CT molecular complexity index is 497. The molecule has 1 amide bonds. The first kappa shape index (κ1) is 14.1. The minimum atomic E-state index is -0.492. The van der Waals surface area contributed by atoms with Gasteiger partial charge in [0.15, 0.2) is 0 Å². The largest absolute Gasteiger partial charge is 0.444 e. The molecule has 1 aliphatic rings. The van der Waals surface area contributed by atoms with Crippen LogP contribution in [0.15, 0.2) is 12.1 Å². The van der Waals surface area contributed by atoms with Crippen LogP contribution in [0.4, 0.5) is 4.79 Å². The van der Waals surface area contributed by atoms with Crippen LogP contribution in [0.1, 0.15) is 44.5 Å². The van der Waals surface area contributed by atoms with Gasteiger partial charge in [-0.2, -0.15) is 0 Å². The highest BCUT2D eigenvalue weighted by molar-refractivity contribution is 6.29. The normalized spacial score (nSPS) is 18.1. The molecule has 0 saturated carbocycles. The van der Waals surface area contributed by atoms with Crippen molar-refractivity contribution in [3.63, 3.8) is 0 Å². The molecule has 0 radical (unpaired) electrons. The van der Waals surface area contributed by atoms with Crippen molar-refractivity contribution >= 4 is 17.7 Å². The van der Waals surface area contributed by atoms with E-state index in [4.69, 9.17) is 16.3 Å². The van der Waals surface area contributed by atoms with Crippen LogP contribution in [-0.2, 0) is 11.2 Å². The van der Waals surface area contributed by atoms with Gasteiger partial charge < -0.3 is 9.64 Å². The van der Waals surface area contributed by atoms with Crippen molar-refractivity contribution in [1.82, 2.24) is 9.88 Å². The van der Waals surface area contributed by atoms with Crippen LogP contribution in [0, 0.1) is 0 Å². The highest BCUT2D eigenvalue weighted by atomic mass is 35.5. The molecule has 2 rings (SSSR count). The minimum Gasteiger partial charge on any atom is -0.444 e. The molecule has 4 nitrogen and oxygen atoms in total. The van der Waals surface area contributed by atoms with Crippen LogP contribution in [0.2, 0.25) is 5.15 Å². The average molecular weight is 283 g/mol. The zero-order valence-corrected chi connectivity index (χ0v) is 12.5. The molecule has 0 N–H and O–H groups in total. The van der Waals surface area contributed by atoms with Crippen molar-refractivity contribution in [1.29, 1.82) is 0 Å². The summed E-state index contributed by atoms with van der Waals surface area (Å²) >= 11 is 5.93. The third-order valence-corrected chi connectivity index (χ3v) is 3.34. The predicted molar refractivity (Wildman–Crippen MR) is 74.3 cm³/mol. The molecule has 19 heavy (non-hydrogen) atoms. The molecule has 0 bridgehead atoms. The highest BCUT2D eigenvalue weighted by Gasteiger charge is 2.32. The molecule has 104 valence electrons. The van der Waals surface area contributed by atoms with E-state index in [0.717, 1.165) is 24.1 Å². The molecule has 1 aromatic rings. The van der Waals surface area contributed by atoms with Crippen molar-refractivity contribution in [2.24, 2.45) is 0 Å². The van der Waals surface area contributed by atoms with Gasteiger partial charge >= 0.3 is 6.09 Å². The number of fused-ring (bicyclic) bond motifs is 1. The molecule has 0 saturated heterocycles. The predicted octanol–water partition coefficient (Wildman–Crippen LogP) is 3.59. The summed E-state index contributed by atoms with van der Waals surface area (Å²) in [5, 5.41) is 0.461. The van der Waals surface area contributed by atoms with E-state index in [1.807, 2.05) is 26.8 Å². The van der Waals surface area contributed by atoms with Crippen LogP contribution in [0.5, 0.6) is 0 Å². The standard InChI is InChI=1S/C14H19ClN2O2/c1-14(2,3)19-13(18)17(4)10-7-5-9-6-8-11(15)16-12(9)10/h6,8,10H,5,7H2,1-4H3. The topological polar surface area (TPSA) is 42.4 Å². The van der Waals surface area contributed by atoms with Crippen molar-refractivity contribution in [2.45, 2.75) is 45.3 Å². The van der Waals surface area contributed by atoms with E-state index >= 15 is 0 Å². The summed E-state index contributed by atoms with van der Waals surface area (Å²) < 4.78 is 5.38. The van der Waals surface area contributed by atoms with Gasteiger partial charge in [-0.3, -0.25) is 0 Å². The summed E-state index contributed by atoms with van der Waals surface area (Å²) in [6.45, 7) is 5.57. The van der Waals surface area contributed by atoms with E-state index in [2.05, 4.69) is 4.98 Å². The van der Waals surface area contributed by atoms with Crippen molar-refractivity contribution < 1.29 is 9.53 Å². The lowest BCUT2D eigenvalue weighted by Gasteiger charge is -2.28. The Labute approximate surface area is 118 Å². The van der Waals surface area contributed by atoms with E-state index in [-0.39, 0.29) is 12.1 Å². The minimum absolute atomic E-state index is 0.0523. The molecule has 1 aromatic heterocycles. The first-order valence-electron chi connectivity index (χ1n) is 6.39. The number of rotatable bonds is 1. The first-order valence-corrected chi connectivity index (χ1v) is 6.77. The van der Waals surface area contributed by atoms with Gasteiger partial charge in [-0.25, -0.2) is 9.78 Å². The Morgan fingerprint density at radius 2 is 2.16 bits per heavy atom. The van der Waals surface area contributed by atoms with Gasteiger partial charge in [0, 0.05) is 7.05 Å². The molecule has 1 aliphatic carbocycles. The average Bonchev–Trinajstić information content (AvgIpc) is 2.68. The van der Waals surface area contributed by atoms with Crippen molar-refractivity contribution in [3.05, 3.63) is 28.5 Å². The second kappa shape index (κ2) is 5.00. The summed E-state index contributed by atoms with van der Waals surface area (Å²) in [6, 6.07) is 3.72. The van der Waals surface area contributed by atoms with E-state index in [1.54, 1.807) is 18.0 Å². The van der Waals surface area contributed by atoms with Gasteiger partial charge in [-0.1, -0.05) is 17.7 Å². The third kappa shape index (κ3) is 3.18. The third-order valence-electron chi connectivity index (χ3n) is 3.13. The lowest BCUT2D eigenvalue weighted by molar-refractivity contribution is 0.0217. The monoisotopic (exact) mass is 282 g/mol. The maximum atomic E-state index is 12.1. The number of aromatic nitrogens is 1. The van der Waals surface area contributed by atoms with Crippen LogP contribution >= 0.6 is 11.6 Å². The molecule has 0 aliphatic heterocycles. The van der Waals surface area contributed by atoms with Crippen molar-refractivity contribution in [3.8, 4) is 0 Å². The van der Waals surface area contributed by atoms with E-state index in [9.17, 15) is 4.79 Å². The summed E-state index contributed by atoms with van der Waals surface area (Å²) in [7, 11) is 1.75. The van der Waals surface area contributed by atoms with Gasteiger partial charge in [0.2, 0.25) is 0 Å². The highest BCUT2D eigenvalue weighted by Crippen LogP contribution is 2.35. The number of hydrogen-bond donors (Lipinski definition) is 0. The quantitative estimate of drug-likeness (QED) is 0.739. The zero-order valence-electron chi connectivity index (χ0n) is 11.7. The number of halogens is 1. The van der Waals surface area contributed by atoms with Gasteiger partial charge in [0.1, 0.15) is 10.8 Å². The summed E-state index contributed by atoms with van der Waals surface area (Å²) in [5.41, 5.74) is 1.56. The van der Waals surface area contributed by atoms with Gasteiger partial charge in [0.05, 0.1) is 11.7 Å². The summed E-state index contributed by atoms with van der Waals surface area (Å²) in [5.74, 6) is 0. The van der Waals surface area contributed by atoms with Crippen LogP contribution in [0.3, 0.4) is 0 Å². The number of ether oxygens (including phenoxy) is 1. The second-order valence-corrected chi connectivity index (χ2v) is 6.21. The number of nitrogens with zero attached hydrogens (tertiary/aromatic N) is 2. The maximum absolute atomic E-state index is 12.1. The Balaban J connectivity index is 2.17. The molecule has 0 aromatic carbocycles. The second-order valence-electron chi connectivity index (χ2n) is 5.82. The Kier molecular flexibility index (Phi) is 3.72. The number of amides is 1. The maximum Gasteiger partial charge on any atom is 0.410 e. The molecule has 1 unspecified atom stereocenters. The van der Waals surface area contributed by atoms with E-state index in [1.165, 1.54) is 0 Å². The molecule has 5 heteroatoms. The number of aryl methyl sites for hydroxylation is 1. The number of carbonyl (C=O) groups is 1. The van der Waals surface area contributed by atoms with Gasteiger partial charge in [0.25, 0.3) is 0 Å². The molecule has 1 heterocycles. The molecule has 1 atom stereocenters. The molecule has 0 fully saturated rings. The molecular weight excluding hydrogens is 264 g/mol. The van der Waals surface area contributed by atoms with Gasteiger partial charge in [-0.05, 0) is 45.2 Å². The Morgan fingerprint density at radius 1 is 1.47 bits per heavy atom. The van der Waals surface area contributed by atoms with Crippen molar-refractivity contribution in [2.75, 3.05) is 7.05 Å². The lowest BCUT2D eigenvalue weighted by atomic mass is 10.2. The summed E-state index contributed by atoms with van der Waals surface area (Å²) in [6.07, 6.45) is 1.45. The number of carbonyl (C=O) groups excluding carboxylic acids is 1. The van der Waals surface area contributed by atoms with Crippen LogP contribution < -0.4 is 0 Å². The molecular formula is C14H19ClN2O2. The van der Waals surface area contributed by atoms with E-state index in [0.29, 0.717) is 5.15 Å². The zero-order chi connectivity index (χ0) is 14.2. The SMILES string of the molecule is CN(C(=O)OC(C)(C)C)C1CCc2ccc(Cl)nc21. The van der Waals surface area contributed by atoms with Crippen LogP contribution in [0.25, 0.3) is 0 Å². The van der Waals surface area contributed by atoms with Gasteiger partial charge in [-0.15, -0.1) is 0 Å². The fourth-order valence-electron chi connectivity index (χ4n) is 2.25. The number of pyridine rings is 1. The number of hydrogen-bond acceptors (Lipinski definition) is 3. The first-order chi connectivity index (χ1) is 8.78. The fraction of sp³-hybridized carbons (Fsp3) is 0.571. The molecule has 0 spiro atoms. The Hall–Kier alpha value is -1.29. The lowest BCUT2D eigenvalue weighted by Crippen LogP contribution is -2.36. The fourth-order valence-corrected chi connectivity index (χ4v) is 2.40.